The van der Waals surface area contributed by atoms with Gasteiger partial charge in [-0.15, -0.1) is 0 Å². The summed E-state index contributed by atoms with van der Waals surface area (Å²) >= 11 is 0. The van der Waals surface area contributed by atoms with E-state index in [1.165, 1.54) is 4.31 Å². The number of fused-ring (bicyclic) bond motifs is 2. The van der Waals surface area contributed by atoms with Crippen LogP contribution in [0.3, 0.4) is 0 Å². The summed E-state index contributed by atoms with van der Waals surface area (Å²) in [6.45, 7) is 3.83. The second-order valence-electron chi connectivity index (χ2n) is 6.80. The maximum Gasteiger partial charge on any atom is 0.325 e. The van der Waals surface area contributed by atoms with Gasteiger partial charge in [0.05, 0.1) is 10.4 Å². The molecule has 2 bridgehead atoms. The Morgan fingerprint density at radius 1 is 1.38 bits per heavy atom. The number of nitrogens with zero attached hydrogens (tertiary/aromatic N) is 2. The van der Waals surface area contributed by atoms with Crippen molar-refractivity contribution in [2.45, 2.75) is 30.7 Å². The predicted molar refractivity (Wildman–Crippen MR) is 88.0 cm³/mol. The summed E-state index contributed by atoms with van der Waals surface area (Å²) in [5.74, 6) is -1.11. The summed E-state index contributed by atoms with van der Waals surface area (Å²) in [6.07, 6.45) is 2.01. The molecule has 1 aromatic carbocycles. The van der Waals surface area contributed by atoms with Crippen molar-refractivity contribution in [3.63, 3.8) is 0 Å². The van der Waals surface area contributed by atoms with Gasteiger partial charge in [-0.1, -0.05) is 13.0 Å². The third kappa shape index (κ3) is 1.71. The molecule has 3 aliphatic rings. The molecule has 0 amide bonds. The molecule has 6 nitrogen and oxygen atoms in total. The van der Waals surface area contributed by atoms with Gasteiger partial charge < -0.3 is 5.11 Å². The monoisotopic (exact) mass is 346 g/mol. The summed E-state index contributed by atoms with van der Waals surface area (Å²) in [5, 5.41) is 10.3. The fourth-order valence-electron chi connectivity index (χ4n) is 4.31. The van der Waals surface area contributed by atoms with Crippen molar-refractivity contribution in [2.24, 2.45) is 11.8 Å². The summed E-state index contributed by atoms with van der Waals surface area (Å²) in [7, 11) is -3.93. The van der Waals surface area contributed by atoms with Crippen LogP contribution in [0.5, 0.6) is 0 Å². The van der Waals surface area contributed by atoms with Gasteiger partial charge in [-0.05, 0) is 48.9 Å². The number of aromatic nitrogens is 1. The van der Waals surface area contributed by atoms with Gasteiger partial charge in [0.2, 0.25) is 10.0 Å². The average Bonchev–Trinajstić information content (AvgIpc) is 3.09. The van der Waals surface area contributed by atoms with Gasteiger partial charge in [-0.25, -0.2) is 8.42 Å². The van der Waals surface area contributed by atoms with E-state index in [0.29, 0.717) is 22.9 Å². The molecule has 3 fully saturated rings. The van der Waals surface area contributed by atoms with Crippen LogP contribution in [-0.2, 0) is 14.8 Å². The fourth-order valence-corrected chi connectivity index (χ4v) is 6.59. The number of aliphatic carboxylic acids is 1. The first-order valence-electron chi connectivity index (χ1n) is 7.90. The highest BCUT2D eigenvalue weighted by molar-refractivity contribution is 7.89. The molecule has 0 spiro atoms. The first-order valence-corrected chi connectivity index (χ1v) is 9.34. The SMILES string of the molecule is Cc1ccc2ncccc2c1S(=O)(=O)N1C[C@@H]2C[C@@]1(C(=O)O)[C@@H]2C. The average molecular weight is 346 g/mol. The maximum absolute atomic E-state index is 13.4. The first kappa shape index (κ1) is 15.5. The predicted octanol–water partition coefficient (Wildman–Crippen LogP) is 2.03. The van der Waals surface area contributed by atoms with Crippen LogP contribution in [0.15, 0.2) is 35.4 Å². The van der Waals surface area contributed by atoms with Crippen LogP contribution in [0.4, 0.5) is 0 Å². The zero-order valence-electron chi connectivity index (χ0n) is 13.4. The molecule has 5 rings (SSSR count). The number of carbonyl (C=O) groups is 1. The molecular formula is C17H18N2O4S. The number of aryl methyl sites for hydroxylation is 1. The zero-order chi connectivity index (χ0) is 17.3. The minimum atomic E-state index is -3.93. The Morgan fingerprint density at radius 3 is 2.79 bits per heavy atom. The number of pyridine rings is 1. The van der Waals surface area contributed by atoms with Crippen molar-refractivity contribution >= 4 is 26.9 Å². The molecule has 3 heterocycles. The first-order chi connectivity index (χ1) is 11.3. The van der Waals surface area contributed by atoms with Crippen LogP contribution in [0, 0.1) is 18.8 Å². The third-order valence-corrected chi connectivity index (χ3v) is 7.84. The fraction of sp³-hybridized carbons (Fsp3) is 0.412. The van der Waals surface area contributed by atoms with Crippen molar-refractivity contribution < 1.29 is 18.3 Å². The number of sulfonamides is 1. The van der Waals surface area contributed by atoms with Crippen molar-refractivity contribution in [1.29, 1.82) is 0 Å². The highest BCUT2D eigenvalue weighted by Crippen LogP contribution is 2.57. The number of hydrogen-bond donors (Lipinski definition) is 1. The van der Waals surface area contributed by atoms with E-state index in [1.807, 2.05) is 6.92 Å². The Kier molecular flexibility index (Phi) is 3.08. The summed E-state index contributed by atoms with van der Waals surface area (Å²) < 4.78 is 28.0. The maximum atomic E-state index is 13.4. The van der Waals surface area contributed by atoms with Gasteiger partial charge in [0.1, 0.15) is 5.54 Å². The lowest BCUT2D eigenvalue weighted by molar-refractivity contribution is -0.154. The van der Waals surface area contributed by atoms with E-state index in [1.54, 1.807) is 37.4 Å². The molecule has 1 saturated carbocycles. The second-order valence-corrected chi connectivity index (χ2v) is 8.60. The molecule has 7 heteroatoms. The Labute approximate surface area is 140 Å². The molecule has 1 aliphatic carbocycles. The van der Waals surface area contributed by atoms with Gasteiger partial charge in [0.25, 0.3) is 0 Å². The molecule has 2 saturated heterocycles. The minimum Gasteiger partial charge on any atom is -0.480 e. The van der Waals surface area contributed by atoms with Crippen LogP contribution >= 0.6 is 0 Å². The summed E-state index contributed by atoms with van der Waals surface area (Å²) in [6, 6.07) is 6.92. The van der Waals surface area contributed by atoms with E-state index < -0.39 is 21.5 Å². The molecule has 0 unspecified atom stereocenters. The number of carboxylic acid groups (broad SMARTS) is 1. The van der Waals surface area contributed by atoms with E-state index in [9.17, 15) is 18.3 Å². The van der Waals surface area contributed by atoms with Crippen molar-refractivity contribution in [3.05, 3.63) is 36.0 Å². The van der Waals surface area contributed by atoms with Crippen LogP contribution in [0.1, 0.15) is 18.9 Å². The van der Waals surface area contributed by atoms with Gasteiger partial charge in [0.15, 0.2) is 0 Å². The normalized spacial score (nSPS) is 29.6. The Balaban J connectivity index is 1.95. The van der Waals surface area contributed by atoms with Gasteiger partial charge >= 0.3 is 5.97 Å². The van der Waals surface area contributed by atoms with Crippen LogP contribution in [-0.4, -0.2) is 40.9 Å². The van der Waals surface area contributed by atoms with Crippen LogP contribution < -0.4 is 0 Å². The lowest BCUT2D eigenvalue weighted by Crippen LogP contribution is -2.59. The van der Waals surface area contributed by atoms with E-state index in [-0.39, 0.29) is 23.3 Å². The van der Waals surface area contributed by atoms with Gasteiger partial charge in [0, 0.05) is 18.1 Å². The second kappa shape index (κ2) is 4.77. The third-order valence-electron chi connectivity index (χ3n) is 5.73. The number of hydrogen-bond acceptors (Lipinski definition) is 4. The molecule has 3 atom stereocenters. The van der Waals surface area contributed by atoms with E-state index in [0.717, 1.165) is 0 Å². The Morgan fingerprint density at radius 2 is 2.12 bits per heavy atom. The van der Waals surface area contributed by atoms with Crippen LogP contribution in [0.25, 0.3) is 10.9 Å². The van der Waals surface area contributed by atoms with Crippen molar-refractivity contribution in [3.8, 4) is 0 Å². The van der Waals surface area contributed by atoms with Gasteiger partial charge in [-0.3, -0.25) is 9.78 Å². The topological polar surface area (TPSA) is 87.6 Å². The largest absolute Gasteiger partial charge is 0.480 e. The van der Waals surface area contributed by atoms with E-state index in [2.05, 4.69) is 4.98 Å². The molecule has 1 N–H and O–H groups in total. The standard InChI is InChI=1S/C17H18N2O4S/c1-10-5-6-14-13(4-3-7-18-14)15(10)24(22,23)19-9-12-8-17(19,11(12)2)16(20)21/h3-7,11-12H,8-9H2,1-2H3,(H,20,21)/t11-,12+,17+/m1/s1. The van der Waals surface area contributed by atoms with E-state index in [4.69, 9.17) is 0 Å². The number of rotatable bonds is 3. The summed E-state index contributed by atoms with van der Waals surface area (Å²) in [5.41, 5.74) is -0.112. The van der Waals surface area contributed by atoms with Crippen LogP contribution in [0.2, 0.25) is 0 Å². The zero-order valence-corrected chi connectivity index (χ0v) is 14.2. The molecule has 0 radical (unpaired) electrons. The number of carboxylic acids is 1. The highest BCUT2D eigenvalue weighted by Gasteiger charge is 2.70. The molecule has 24 heavy (non-hydrogen) atoms. The minimum absolute atomic E-state index is 0.115. The van der Waals surface area contributed by atoms with Crippen molar-refractivity contribution in [2.75, 3.05) is 6.54 Å². The van der Waals surface area contributed by atoms with E-state index >= 15 is 0 Å². The lowest BCUT2D eigenvalue weighted by atomic mass is 9.64. The lowest BCUT2D eigenvalue weighted by Gasteiger charge is -2.43. The smallest absolute Gasteiger partial charge is 0.325 e. The quantitative estimate of drug-likeness (QED) is 0.919. The van der Waals surface area contributed by atoms with Gasteiger partial charge in [-0.2, -0.15) is 4.31 Å². The molecular weight excluding hydrogens is 328 g/mol. The molecule has 1 aromatic heterocycles. The molecule has 126 valence electrons. The highest BCUT2D eigenvalue weighted by atomic mass is 32.2. The Bertz CT molecular complexity index is 972. The summed E-state index contributed by atoms with van der Waals surface area (Å²) in [4.78, 5) is 16.3. The number of benzene rings is 1. The molecule has 2 aliphatic heterocycles. The Hall–Kier alpha value is -1.99. The van der Waals surface area contributed by atoms with Crippen molar-refractivity contribution in [1.82, 2.24) is 9.29 Å². The molecule has 2 aromatic rings.